The highest BCUT2D eigenvalue weighted by molar-refractivity contribution is 7.85. The Morgan fingerprint density at radius 3 is 2.81 bits per heavy atom. The van der Waals surface area contributed by atoms with Crippen molar-refractivity contribution in [2.75, 3.05) is 26.3 Å². The van der Waals surface area contributed by atoms with Crippen molar-refractivity contribution >= 4 is 11.0 Å². The summed E-state index contributed by atoms with van der Waals surface area (Å²) in [6, 6.07) is 0. The molecule has 0 bridgehead atoms. The second-order valence-corrected chi connectivity index (χ2v) is 5.11. The minimum absolute atomic E-state index is 0.680. The Morgan fingerprint density at radius 2 is 2.12 bits per heavy atom. The van der Waals surface area contributed by atoms with E-state index in [-0.39, 0.29) is 0 Å². The van der Waals surface area contributed by atoms with Crippen molar-refractivity contribution in [1.82, 2.24) is 4.31 Å². The Hall–Kier alpha value is -0.410. The number of hydrogen-bond donors (Lipinski definition) is 0. The number of morpholine rings is 1. The maximum atomic E-state index is 11.7. The zero-order chi connectivity index (χ0) is 11.6. The van der Waals surface area contributed by atoms with Gasteiger partial charge in [-0.15, -0.1) is 5.73 Å². The van der Waals surface area contributed by atoms with Gasteiger partial charge in [-0.3, -0.25) is 0 Å². The highest BCUT2D eigenvalue weighted by Gasteiger charge is 2.13. The van der Waals surface area contributed by atoms with Gasteiger partial charge in [0.25, 0.3) is 0 Å². The lowest BCUT2D eigenvalue weighted by Gasteiger charge is -2.23. The van der Waals surface area contributed by atoms with E-state index in [4.69, 9.17) is 4.74 Å². The van der Waals surface area contributed by atoms with Crippen molar-refractivity contribution in [3.63, 3.8) is 0 Å². The smallest absolute Gasteiger partial charge is 0.128 e. The minimum Gasteiger partial charge on any atom is -0.379 e. The van der Waals surface area contributed by atoms with E-state index in [0.717, 1.165) is 19.5 Å². The Bertz CT molecular complexity index is 266. The molecule has 0 aromatic rings. The number of ether oxygens (including phenoxy) is 1. The van der Waals surface area contributed by atoms with Gasteiger partial charge >= 0.3 is 0 Å². The molecular formula is C12H21NO2S. The zero-order valence-electron chi connectivity index (χ0n) is 9.98. The standard InChI is InChI=1S/C12H21NO2S/c1-2-3-4-5-6-7-12-16(14)13-8-10-15-11-9-13/h6,12H,2-5,8-11H2,1H3. The zero-order valence-corrected chi connectivity index (χ0v) is 10.8. The predicted octanol–water partition coefficient (Wildman–Crippen LogP) is 2.23. The number of hydrogen-bond acceptors (Lipinski definition) is 2. The molecule has 0 spiro atoms. The minimum atomic E-state index is -1.03. The van der Waals surface area contributed by atoms with Crippen LogP contribution in [0.1, 0.15) is 32.6 Å². The van der Waals surface area contributed by atoms with Gasteiger partial charge in [-0.05, 0) is 18.9 Å². The van der Waals surface area contributed by atoms with Crippen molar-refractivity contribution < 1.29 is 8.95 Å². The van der Waals surface area contributed by atoms with Crippen LogP contribution in [0.4, 0.5) is 0 Å². The van der Waals surface area contributed by atoms with E-state index >= 15 is 0 Å². The SMILES string of the molecule is CCCCCC=C=CS(=O)N1CCOCC1. The van der Waals surface area contributed by atoms with E-state index < -0.39 is 11.0 Å². The average molecular weight is 243 g/mol. The Kier molecular flexibility index (Phi) is 7.43. The predicted molar refractivity (Wildman–Crippen MR) is 67.3 cm³/mol. The summed E-state index contributed by atoms with van der Waals surface area (Å²) in [5.41, 5.74) is 3.01. The molecule has 1 unspecified atom stereocenters. The molecule has 1 aliphatic heterocycles. The van der Waals surface area contributed by atoms with Gasteiger partial charge in [-0.1, -0.05) is 19.8 Å². The van der Waals surface area contributed by atoms with Crippen molar-refractivity contribution in [1.29, 1.82) is 0 Å². The summed E-state index contributed by atoms with van der Waals surface area (Å²) in [6.07, 6.45) is 6.70. The molecule has 0 radical (unpaired) electrons. The Morgan fingerprint density at radius 1 is 1.38 bits per heavy atom. The van der Waals surface area contributed by atoms with E-state index in [2.05, 4.69) is 12.7 Å². The molecule has 0 saturated carbocycles. The lowest BCUT2D eigenvalue weighted by molar-refractivity contribution is 0.0756. The second kappa shape index (κ2) is 8.71. The Balaban J connectivity index is 2.23. The molecule has 0 aliphatic carbocycles. The first-order chi connectivity index (χ1) is 7.84. The third-order valence-electron chi connectivity index (χ3n) is 2.46. The lowest BCUT2D eigenvalue weighted by Crippen LogP contribution is -2.36. The largest absolute Gasteiger partial charge is 0.379 e. The average Bonchev–Trinajstić information content (AvgIpc) is 2.34. The molecule has 0 aromatic heterocycles. The van der Waals surface area contributed by atoms with Crippen LogP contribution in [0.15, 0.2) is 17.2 Å². The molecule has 1 saturated heterocycles. The van der Waals surface area contributed by atoms with Crippen molar-refractivity contribution in [2.24, 2.45) is 0 Å². The summed E-state index contributed by atoms with van der Waals surface area (Å²) in [6.45, 7) is 5.05. The fourth-order valence-corrected chi connectivity index (χ4v) is 2.36. The summed E-state index contributed by atoms with van der Waals surface area (Å²) in [4.78, 5) is 0. The molecular weight excluding hydrogens is 222 g/mol. The summed E-state index contributed by atoms with van der Waals surface area (Å²) < 4.78 is 18.8. The highest BCUT2D eigenvalue weighted by Crippen LogP contribution is 2.02. The van der Waals surface area contributed by atoms with Gasteiger partial charge in [0.15, 0.2) is 0 Å². The van der Waals surface area contributed by atoms with Crippen molar-refractivity contribution in [3.8, 4) is 0 Å². The van der Waals surface area contributed by atoms with Gasteiger partial charge in [0, 0.05) is 13.1 Å². The highest BCUT2D eigenvalue weighted by atomic mass is 32.2. The Labute approximate surface area is 101 Å². The van der Waals surface area contributed by atoms with E-state index in [0.29, 0.717) is 13.2 Å². The third-order valence-corrected chi connectivity index (χ3v) is 3.68. The van der Waals surface area contributed by atoms with Gasteiger partial charge < -0.3 is 4.74 Å². The molecule has 4 heteroatoms. The number of unbranched alkanes of at least 4 members (excludes halogenated alkanes) is 3. The van der Waals surface area contributed by atoms with Crippen LogP contribution in [0.3, 0.4) is 0 Å². The topological polar surface area (TPSA) is 29.5 Å². The van der Waals surface area contributed by atoms with Crippen LogP contribution in [-0.2, 0) is 15.7 Å². The number of rotatable bonds is 6. The first kappa shape index (κ1) is 13.7. The molecule has 16 heavy (non-hydrogen) atoms. The molecule has 0 amide bonds. The van der Waals surface area contributed by atoms with Gasteiger partial charge in [0.05, 0.1) is 18.6 Å². The van der Waals surface area contributed by atoms with E-state index in [1.54, 1.807) is 5.41 Å². The van der Waals surface area contributed by atoms with Gasteiger partial charge in [-0.25, -0.2) is 8.51 Å². The van der Waals surface area contributed by atoms with Gasteiger partial charge in [-0.2, -0.15) is 0 Å². The molecule has 1 aliphatic rings. The van der Waals surface area contributed by atoms with Crippen molar-refractivity contribution in [2.45, 2.75) is 32.6 Å². The summed E-state index contributed by atoms with van der Waals surface area (Å²) in [5, 5.41) is 1.65. The van der Waals surface area contributed by atoms with Gasteiger partial charge in [0.1, 0.15) is 11.0 Å². The maximum Gasteiger partial charge on any atom is 0.128 e. The fourth-order valence-electron chi connectivity index (χ4n) is 1.49. The van der Waals surface area contributed by atoms with Crippen LogP contribution >= 0.6 is 0 Å². The first-order valence-corrected chi connectivity index (χ1v) is 7.16. The molecule has 1 atom stereocenters. The van der Waals surface area contributed by atoms with Crippen LogP contribution in [0, 0.1) is 0 Å². The number of nitrogens with zero attached hydrogens (tertiary/aromatic N) is 1. The molecule has 1 rings (SSSR count). The van der Waals surface area contributed by atoms with E-state index in [9.17, 15) is 4.21 Å². The summed E-state index contributed by atoms with van der Waals surface area (Å²) in [5.74, 6) is 0. The maximum absolute atomic E-state index is 11.7. The molecule has 92 valence electrons. The van der Waals surface area contributed by atoms with Crippen LogP contribution in [-0.4, -0.2) is 34.8 Å². The fraction of sp³-hybridized carbons (Fsp3) is 0.750. The molecule has 1 fully saturated rings. The van der Waals surface area contributed by atoms with Crippen LogP contribution in [0.2, 0.25) is 0 Å². The molecule has 0 N–H and O–H groups in total. The molecule has 0 aromatic carbocycles. The molecule has 1 heterocycles. The van der Waals surface area contributed by atoms with E-state index in [1.165, 1.54) is 19.3 Å². The van der Waals surface area contributed by atoms with Gasteiger partial charge in [0.2, 0.25) is 0 Å². The third kappa shape index (κ3) is 5.61. The normalized spacial score (nSPS) is 18.8. The van der Waals surface area contributed by atoms with Crippen molar-refractivity contribution in [3.05, 3.63) is 17.2 Å². The summed E-state index contributed by atoms with van der Waals surface area (Å²) >= 11 is 0. The van der Waals surface area contributed by atoms with E-state index in [1.807, 2.05) is 10.4 Å². The number of allylic oxidation sites excluding steroid dienone is 1. The monoisotopic (exact) mass is 243 g/mol. The first-order valence-electron chi connectivity index (χ1n) is 5.99. The van der Waals surface area contributed by atoms with Crippen LogP contribution in [0.25, 0.3) is 0 Å². The second-order valence-electron chi connectivity index (χ2n) is 3.80. The summed E-state index contributed by atoms with van der Waals surface area (Å²) in [7, 11) is -1.03. The van der Waals surface area contributed by atoms with Crippen LogP contribution in [0.5, 0.6) is 0 Å². The quantitative estimate of drug-likeness (QED) is 0.529. The lowest BCUT2D eigenvalue weighted by atomic mass is 10.2. The molecule has 3 nitrogen and oxygen atoms in total. The van der Waals surface area contributed by atoms with Crippen LogP contribution < -0.4 is 0 Å².